The Kier molecular flexibility index (Phi) is 26.7. The molecule has 6 N–H and O–H groups in total. The molecule has 0 fully saturated rings. The molecule has 17 heavy (non-hydrogen) atoms. The fraction of sp³-hybridized carbons (Fsp3) is 1.00. The van der Waals surface area contributed by atoms with Gasteiger partial charge in [-0.05, 0) is 23.6 Å². The van der Waals surface area contributed by atoms with Crippen molar-refractivity contribution in [3.05, 3.63) is 0 Å². The van der Waals surface area contributed by atoms with Crippen LogP contribution in [0.2, 0.25) is 0 Å². The lowest BCUT2D eigenvalue weighted by Gasteiger charge is -1.88. The van der Waals surface area contributed by atoms with Crippen molar-refractivity contribution in [2.75, 3.05) is 0 Å². The maximum atomic E-state index is 7.56. The largest absolute Gasteiger partial charge is 0.325 e. The lowest BCUT2D eigenvalue weighted by atomic mass is 10.4. The van der Waals surface area contributed by atoms with Gasteiger partial charge in [0, 0.05) is 0 Å². The van der Waals surface area contributed by atoms with Crippen LogP contribution in [0.25, 0.3) is 0 Å². The van der Waals surface area contributed by atoms with Crippen molar-refractivity contribution in [1.29, 1.82) is 0 Å². The van der Waals surface area contributed by atoms with E-state index in [0.717, 1.165) is 0 Å². The van der Waals surface area contributed by atoms with Crippen molar-refractivity contribution >= 4 is 37.1 Å². The molecule has 0 rings (SSSR count). The van der Waals surface area contributed by atoms with Crippen molar-refractivity contribution in [1.82, 2.24) is 0 Å². The molecule has 110 valence electrons. The topological polar surface area (TPSA) is 121 Å². The van der Waals surface area contributed by atoms with Gasteiger partial charge < -0.3 is 29.4 Å². The van der Waals surface area contributed by atoms with Gasteiger partial charge in [0.1, 0.15) is 0 Å². The number of hydrogen-bond acceptors (Lipinski definition) is 2. The van der Waals surface area contributed by atoms with Crippen LogP contribution in [0.15, 0.2) is 0 Å². The third-order valence-electron chi connectivity index (χ3n) is 0.500. The first-order valence-electron chi connectivity index (χ1n) is 4.89. The Bertz CT molecular complexity index is 176. The second-order valence-electron chi connectivity index (χ2n) is 2.73. The van der Waals surface area contributed by atoms with Crippen LogP contribution in [0.4, 0.5) is 0 Å². The molecule has 0 saturated heterocycles. The van der Waals surface area contributed by atoms with Crippen molar-refractivity contribution in [2.24, 2.45) is 0 Å². The Morgan fingerprint density at radius 2 is 0.706 bits per heavy atom. The average molecular weight is 330 g/mol. The van der Waals surface area contributed by atoms with Crippen molar-refractivity contribution in [2.45, 2.75) is 47.0 Å². The molecule has 0 bridgehead atoms. The van der Waals surface area contributed by atoms with E-state index in [2.05, 4.69) is 51.3 Å². The SMILES string of the molecule is CCC.CCCC.OP(O)(O)=S.OP(O)(O)=S. The molecule has 0 unspecified atom stereocenters. The Hall–Kier alpha value is 1.06. The Balaban J connectivity index is -0.0000000676. The van der Waals surface area contributed by atoms with E-state index in [4.69, 9.17) is 29.4 Å². The molecule has 0 aliphatic carbocycles. The summed E-state index contributed by atoms with van der Waals surface area (Å²) in [6.45, 7) is 1.00. The molecule has 0 aliphatic rings. The van der Waals surface area contributed by atoms with E-state index in [1.165, 1.54) is 19.3 Å². The molecular formula is C7H24O6P2S2. The van der Waals surface area contributed by atoms with Crippen LogP contribution >= 0.6 is 13.4 Å². The highest BCUT2D eigenvalue weighted by molar-refractivity contribution is 8.06. The lowest BCUT2D eigenvalue weighted by molar-refractivity contribution is 0.361. The summed E-state index contributed by atoms with van der Waals surface area (Å²) < 4.78 is 0. The minimum atomic E-state index is -3.81. The van der Waals surface area contributed by atoms with Crippen LogP contribution in [0.5, 0.6) is 0 Å². The van der Waals surface area contributed by atoms with Gasteiger partial charge in [-0.15, -0.1) is 0 Å². The summed E-state index contributed by atoms with van der Waals surface area (Å²) in [7, 11) is 0. The molecule has 0 spiro atoms. The molecule has 0 amide bonds. The summed E-state index contributed by atoms with van der Waals surface area (Å²) in [5, 5.41) is 0. The van der Waals surface area contributed by atoms with Gasteiger partial charge in [-0.2, -0.15) is 0 Å². The molecular weight excluding hydrogens is 306 g/mol. The zero-order valence-corrected chi connectivity index (χ0v) is 13.9. The van der Waals surface area contributed by atoms with E-state index in [1.54, 1.807) is 0 Å². The van der Waals surface area contributed by atoms with E-state index in [1.807, 2.05) is 0 Å². The number of rotatable bonds is 1. The van der Waals surface area contributed by atoms with Crippen LogP contribution in [-0.2, 0) is 23.6 Å². The van der Waals surface area contributed by atoms with Gasteiger partial charge in [0.2, 0.25) is 0 Å². The standard InChI is InChI=1S/C4H10.C3H8.2H3O3PS/c1-3-4-2;1-3-2;2*1-4(2,3)5/h3-4H2,1-2H3;3H2,1-2H3;2*(H3,1,2,3,5). The predicted octanol–water partition coefficient (Wildman–Crippen LogP) is 1.60. The molecule has 0 atom stereocenters. The highest BCUT2D eigenvalue weighted by Gasteiger charge is 1.92. The monoisotopic (exact) mass is 330 g/mol. The van der Waals surface area contributed by atoms with Gasteiger partial charge in [0.15, 0.2) is 0 Å². The Morgan fingerprint density at radius 1 is 0.647 bits per heavy atom. The van der Waals surface area contributed by atoms with Gasteiger partial charge in [0.25, 0.3) is 0 Å². The highest BCUT2D eigenvalue weighted by atomic mass is 32.5. The van der Waals surface area contributed by atoms with E-state index >= 15 is 0 Å². The summed E-state index contributed by atoms with van der Waals surface area (Å²) in [6.07, 6.45) is 3.89. The first-order valence-corrected chi connectivity index (χ1v) is 10.2. The molecule has 0 aromatic carbocycles. The summed E-state index contributed by atoms with van der Waals surface area (Å²) >= 11 is 7.21. The van der Waals surface area contributed by atoms with Gasteiger partial charge in [-0.25, -0.2) is 0 Å². The molecule has 0 heterocycles. The molecule has 0 aliphatic heterocycles. The van der Waals surface area contributed by atoms with E-state index in [0.29, 0.717) is 0 Å². The van der Waals surface area contributed by atoms with Crippen LogP contribution in [0, 0.1) is 0 Å². The van der Waals surface area contributed by atoms with Crippen molar-refractivity contribution < 1.29 is 29.4 Å². The highest BCUT2D eigenvalue weighted by Crippen LogP contribution is 2.26. The fourth-order valence-corrected chi connectivity index (χ4v) is 0. The fourth-order valence-electron chi connectivity index (χ4n) is 0. The average Bonchev–Trinajstić information content (AvgIpc) is 1.99. The number of hydrogen-bond donors (Lipinski definition) is 6. The van der Waals surface area contributed by atoms with Crippen LogP contribution in [-0.4, -0.2) is 29.4 Å². The first kappa shape index (κ1) is 26.6. The minimum Gasteiger partial charge on any atom is -0.325 e. The van der Waals surface area contributed by atoms with E-state index in [-0.39, 0.29) is 0 Å². The zero-order valence-electron chi connectivity index (χ0n) is 10.5. The van der Waals surface area contributed by atoms with Crippen molar-refractivity contribution in [3.63, 3.8) is 0 Å². The molecule has 0 radical (unpaired) electrons. The summed E-state index contributed by atoms with van der Waals surface area (Å²) in [5.74, 6) is 0. The second-order valence-corrected chi connectivity index (χ2v) is 7.73. The predicted molar refractivity (Wildman–Crippen MR) is 78.4 cm³/mol. The molecule has 0 saturated carbocycles. The van der Waals surface area contributed by atoms with Crippen LogP contribution in [0.1, 0.15) is 47.0 Å². The zero-order chi connectivity index (χ0) is 15.1. The molecule has 10 heteroatoms. The van der Waals surface area contributed by atoms with Gasteiger partial charge >= 0.3 is 13.4 Å². The van der Waals surface area contributed by atoms with Gasteiger partial charge in [-0.3, -0.25) is 0 Å². The Morgan fingerprint density at radius 3 is 0.706 bits per heavy atom. The Labute approximate surface area is 113 Å². The van der Waals surface area contributed by atoms with Crippen LogP contribution in [0.3, 0.4) is 0 Å². The normalized spacial score (nSPS) is 9.76. The van der Waals surface area contributed by atoms with E-state index in [9.17, 15) is 0 Å². The number of unbranched alkanes of at least 4 members (excludes halogenated alkanes) is 1. The summed E-state index contributed by atoms with van der Waals surface area (Å²) in [6, 6.07) is 0. The van der Waals surface area contributed by atoms with Crippen molar-refractivity contribution in [3.8, 4) is 0 Å². The third kappa shape index (κ3) is 912. The third-order valence-corrected chi connectivity index (χ3v) is 0.500. The molecule has 0 aromatic rings. The quantitative estimate of drug-likeness (QED) is 0.401. The van der Waals surface area contributed by atoms with Gasteiger partial charge in [-0.1, -0.05) is 47.0 Å². The summed E-state index contributed by atoms with van der Waals surface area (Å²) in [5.41, 5.74) is 0. The summed E-state index contributed by atoms with van der Waals surface area (Å²) in [4.78, 5) is 45.3. The first-order chi connectivity index (χ1) is 7.33. The van der Waals surface area contributed by atoms with E-state index < -0.39 is 13.4 Å². The minimum absolute atomic E-state index is 1.25. The molecule has 0 aromatic heterocycles. The lowest BCUT2D eigenvalue weighted by Crippen LogP contribution is -1.65. The smallest absolute Gasteiger partial charge is 0.319 e. The maximum Gasteiger partial charge on any atom is 0.319 e. The van der Waals surface area contributed by atoms with Crippen LogP contribution < -0.4 is 0 Å². The molecule has 6 nitrogen and oxygen atoms in total. The van der Waals surface area contributed by atoms with Gasteiger partial charge in [0.05, 0.1) is 0 Å². The second kappa shape index (κ2) is 17.1. The maximum absolute atomic E-state index is 7.56.